The standard InChI is InChI=1S/C17H18FN3O3/c1-21(2)13-7-5-6-12(10-13)17(23)20-19-16(22)11-24-15-9-4-3-8-14(15)18/h3-10H,11H2,1-2H3,(H,19,22)(H,20,23). The van der Waals surface area contributed by atoms with Gasteiger partial charge in [0.05, 0.1) is 0 Å². The second kappa shape index (κ2) is 7.96. The molecule has 126 valence electrons. The van der Waals surface area contributed by atoms with Gasteiger partial charge in [0.1, 0.15) is 0 Å². The summed E-state index contributed by atoms with van der Waals surface area (Å²) in [6, 6.07) is 12.7. The molecule has 0 unspecified atom stereocenters. The summed E-state index contributed by atoms with van der Waals surface area (Å²) in [5.74, 6) is -1.65. The van der Waals surface area contributed by atoms with Gasteiger partial charge >= 0.3 is 0 Å². The summed E-state index contributed by atoms with van der Waals surface area (Å²) in [6.07, 6.45) is 0. The average molecular weight is 331 g/mol. The molecule has 2 aromatic carbocycles. The Bertz CT molecular complexity index is 735. The summed E-state index contributed by atoms with van der Waals surface area (Å²) in [4.78, 5) is 25.5. The Morgan fingerprint density at radius 1 is 1.08 bits per heavy atom. The molecule has 0 aliphatic carbocycles. The zero-order valence-electron chi connectivity index (χ0n) is 13.4. The Balaban J connectivity index is 1.84. The fourth-order valence-corrected chi connectivity index (χ4v) is 1.87. The van der Waals surface area contributed by atoms with Gasteiger partial charge in [-0.15, -0.1) is 0 Å². The summed E-state index contributed by atoms with van der Waals surface area (Å²) < 4.78 is 18.4. The van der Waals surface area contributed by atoms with Crippen molar-refractivity contribution >= 4 is 17.5 Å². The van der Waals surface area contributed by atoms with Gasteiger partial charge in [-0.25, -0.2) is 4.39 Å². The largest absolute Gasteiger partial charge is 0.481 e. The average Bonchev–Trinajstić information content (AvgIpc) is 2.59. The van der Waals surface area contributed by atoms with Crippen molar-refractivity contribution in [3.05, 3.63) is 59.9 Å². The highest BCUT2D eigenvalue weighted by atomic mass is 19.1. The number of benzene rings is 2. The molecule has 2 amide bonds. The Kier molecular flexibility index (Phi) is 5.73. The predicted molar refractivity (Wildman–Crippen MR) is 88.3 cm³/mol. The number of hydrogen-bond acceptors (Lipinski definition) is 4. The van der Waals surface area contributed by atoms with E-state index in [4.69, 9.17) is 4.74 Å². The first-order valence-corrected chi connectivity index (χ1v) is 7.21. The Labute approximate surface area is 139 Å². The molecule has 0 aromatic heterocycles. The Morgan fingerprint density at radius 2 is 1.83 bits per heavy atom. The second-order valence-electron chi connectivity index (χ2n) is 5.17. The lowest BCUT2D eigenvalue weighted by atomic mass is 10.2. The molecule has 0 heterocycles. The molecule has 0 radical (unpaired) electrons. The first kappa shape index (κ1) is 17.3. The number of ether oxygens (including phenoxy) is 1. The number of hydrazine groups is 1. The molecule has 7 heteroatoms. The van der Waals surface area contributed by atoms with E-state index in [-0.39, 0.29) is 5.75 Å². The summed E-state index contributed by atoms with van der Waals surface area (Å²) in [5.41, 5.74) is 5.76. The lowest BCUT2D eigenvalue weighted by Gasteiger charge is -2.14. The molecule has 0 aliphatic heterocycles. The zero-order chi connectivity index (χ0) is 17.5. The van der Waals surface area contributed by atoms with Gasteiger partial charge in [0.15, 0.2) is 18.2 Å². The summed E-state index contributed by atoms with van der Waals surface area (Å²) >= 11 is 0. The van der Waals surface area contributed by atoms with Gasteiger partial charge in [-0.05, 0) is 30.3 Å². The van der Waals surface area contributed by atoms with Crippen LogP contribution in [-0.2, 0) is 4.79 Å². The topological polar surface area (TPSA) is 70.7 Å². The van der Waals surface area contributed by atoms with Gasteiger partial charge in [-0.1, -0.05) is 18.2 Å². The van der Waals surface area contributed by atoms with Crippen LogP contribution in [0.5, 0.6) is 5.75 Å². The number of amides is 2. The van der Waals surface area contributed by atoms with Crippen molar-refractivity contribution < 1.29 is 18.7 Å². The first-order valence-electron chi connectivity index (χ1n) is 7.21. The molecule has 0 aliphatic rings. The SMILES string of the molecule is CN(C)c1cccc(C(=O)NNC(=O)COc2ccccc2F)c1. The fraction of sp³-hybridized carbons (Fsp3) is 0.176. The number of hydrogen-bond donors (Lipinski definition) is 2. The van der Waals surface area contributed by atoms with Gasteiger partial charge in [0.25, 0.3) is 11.8 Å². The van der Waals surface area contributed by atoms with Crippen LogP contribution in [0.25, 0.3) is 0 Å². The van der Waals surface area contributed by atoms with E-state index in [1.54, 1.807) is 24.3 Å². The minimum absolute atomic E-state index is 0.0299. The van der Waals surface area contributed by atoms with Gasteiger partial charge in [-0.2, -0.15) is 0 Å². The van der Waals surface area contributed by atoms with E-state index in [1.807, 2.05) is 25.1 Å². The van der Waals surface area contributed by atoms with Crippen molar-refractivity contribution in [3.63, 3.8) is 0 Å². The molecule has 0 fully saturated rings. The van der Waals surface area contributed by atoms with E-state index < -0.39 is 24.2 Å². The maximum Gasteiger partial charge on any atom is 0.276 e. The molecule has 0 saturated carbocycles. The molecule has 24 heavy (non-hydrogen) atoms. The molecule has 0 saturated heterocycles. The third-order valence-electron chi connectivity index (χ3n) is 3.14. The van der Waals surface area contributed by atoms with E-state index in [2.05, 4.69) is 10.9 Å². The lowest BCUT2D eigenvalue weighted by molar-refractivity contribution is -0.123. The van der Waals surface area contributed by atoms with E-state index in [0.717, 1.165) is 5.69 Å². The molecular formula is C17H18FN3O3. The first-order chi connectivity index (χ1) is 11.5. The Morgan fingerprint density at radius 3 is 2.54 bits per heavy atom. The third kappa shape index (κ3) is 4.70. The highest BCUT2D eigenvalue weighted by Gasteiger charge is 2.10. The van der Waals surface area contributed by atoms with Crippen molar-refractivity contribution in [1.29, 1.82) is 0 Å². The Hall–Kier alpha value is -3.09. The van der Waals surface area contributed by atoms with Gasteiger partial charge in [0, 0.05) is 25.3 Å². The van der Waals surface area contributed by atoms with Crippen LogP contribution >= 0.6 is 0 Å². The minimum Gasteiger partial charge on any atom is -0.481 e. The highest BCUT2D eigenvalue weighted by molar-refractivity contribution is 5.96. The number of rotatable bonds is 5. The monoisotopic (exact) mass is 331 g/mol. The van der Waals surface area contributed by atoms with Crippen LogP contribution in [0.2, 0.25) is 0 Å². The normalized spacial score (nSPS) is 9.96. The van der Waals surface area contributed by atoms with Gasteiger partial charge in [0.2, 0.25) is 0 Å². The molecule has 2 rings (SSSR count). The van der Waals surface area contributed by atoms with Crippen LogP contribution in [0, 0.1) is 5.82 Å². The summed E-state index contributed by atoms with van der Waals surface area (Å²) in [6.45, 7) is -0.418. The number of nitrogens with zero attached hydrogens (tertiary/aromatic N) is 1. The lowest BCUT2D eigenvalue weighted by Crippen LogP contribution is -2.43. The number of nitrogens with one attached hydrogen (secondary N) is 2. The number of anilines is 1. The van der Waals surface area contributed by atoms with Crippen LogP contribution in [0.4, 0.5) is 10.1 Å². The number of carbonyl (C=O) groups excluding carboxylic acids is 2. The van der Waals surface area contributed by atoms with E-state index in [0.29, 0.717) is 5.56 Å². The molecule has 0 atom stereocenters. The number of para-hydroxylation sites is 1. The highest BCUT2D eigenvalue weighted by Crippen LogP contribution is 2.15. The molecule has 0 bridgehead atoms. The quantitative estimate of drug-likeness (QED) is 0.819. The number of carbonyl (C=O) groups is 2. The van der Waals surface area contributed by atoms with E-state index >= 15 is 0 Å². The fourth-order valence-electron chi connectivity index (χ4n) is 1.87. The van der Waals surface area contributed by atoms with Crippen molar-refractivity contribution in [3.8, 4) is 5.75 Å². The van der Waals surface area contributed by atoms with Crippen LogP contribution in [0.3, 0.4) is 0 Å². The van der Waals surface area contributed by atoms with Crippen LogP contribution in [0.15, 0.2) is 48.5 Å². The minimum atomic E-state index is -0.602. The van der Waals surface area contributed by atoms with Crippen molar-refractivity contribution in [2.24, 2.45) is 0 Å². The van der Waals surface area contributed by atoms with Gasteiger partial charge in [-0.3, -0.25) is 20.4 Å². The maximum absolute atomic E-state index is 13.3. The summed E-state index contributed by atoms with van der Waals surface area (Å²) in [5, 5.41) is 0. The van der Waals surface area contributed by atoms with Crippen LogP contribution in [0.1, 0.15) is 10.4 Å². The summed E-state index contributed by atoms with van der Waals surface area (Å²) in [7, 11) is 3.72. The van der Waals surface area contributed by atoms with Crippen molar-refractivity contribution in [2.75, 3.05) is 25.6 Å². The van der Waals surface area contributed by atoms with E-state index in [9.17, 15) is 14.0 Å². The number of halogens is 1. The third-order valence-corrected chi connectivity index (χ3v) is 3.14. The zero-order valence-corrected chi connectivity index (χ0v) is 13.4. The smallest absolute Gasteiger partial charge is 0.276 e. The molecule has 0 spiro atoms. The van der Waals surface area contributed by atoms with Crippen LogP contribution < -0.4 is 20.5 Å². The van der Waals surface area contributed by atoms with Gasteiger partial charge < -0.3 is 9.64 Å². The van der Waals surface area contributed by atoms with Crippen molar-refractivity contribution in [1.82, 2.24) is 10.9 Å². The molecule has 2 aromatic rings. The van der Waals surface area contributed by atoms with Crippen LogP contribution in [-0.4, -0.2) is 32.5 Å². The van der Waals surface area contributed by atoms with Crippen molar-refractivity contribution in [2.45, 2.75) is 0 Å². The van der Waals surface area contributed by atoms with E-state index in [1.165, 1.54) is 18.2 Å². The molecular weight excluding hydrogens is 313 g/mol. The molecule has 6 nitrogen and oxygen atoms in total. The molecule has 2 N–H and O–H groups in total. The maximum atomic E-state index is 13.3. The second-order valence-corrected chi connectivity index (χ2v) is 5.17. The predicted octanol–water partition coefficient (Wildman–Crippen LogP) is 1.73.